The van der Waals surface area contributed by atoms with E-state index in [4.69, 9.17) is 16.8 Å². The number of anilines is 1. The van der Waals surface area contributed by atoms with Crippen molar-refractivity contribution in [3.8, 4) is 0 Å². The van der Waals surface area contributed by atoms with E-state index in [0.29, 0.717) is 10.7 Å². The van der Waals surface area contributed by atoms with Crippen LogP contribution in [0.15, 0.2) is 23.4 Å². The molecule has 0 saturated carbocycles. The summed E-state index contributed by atoms with van der Waals surface area (Å²) in [5.74, 6) is -0.505. The van der Waals surface area contributed by atoms with Crippen LogP contribution in [0.1, 0.15) is 5.56 Å². The van der Waals surface area contributed by atoms with Crippen molar-refractivity contribution in [1.29, 1.82) is 0 Å². The fourth-order valence-electron chi connectivity index (χ4n) is 1.04. The topological polar surface area (TPSA) is 61.7 Å². The fourth-order valence-corrected chi connectivity index (χ4v) is 1.33. The molecular formula is C9H9ClN2O2. The number of benzene rings is 1. The van der Waals surface area contributed by atoms with Crippen molar-refractivity contribution in [1.82, 2.24) is 0 Å². The third-order valence-corrected chi connectivity index (χ3v) is 1.70. The van der Waals surface area contributed by atoms with Gasteiger partial charge in [0.05, 0.1) is 0 Å². The van der Waals surface area contributed by atoms with Gasteiger partial charge in [-0.2, -0.15) is 0 Å². The van der Waals surface area contributed by atoms with Crippen molar-refractivity contribution in [3.05, 3.63) is 28.8 Å². The highest BCUT2D eigenvalue weighted by Crippen LogP contribution is 2.18. The number of nitrogens with one attached hydrogen (secondary N) is 1. The summed E-state index contributed by atoms with van der Waals surface area (Å²) in [6, 6.07) is 5.14. The number of hydrogen-bond donors (Lipinski definition) is 2. The van der Waals surface area contributed by atoms with Crippen LogP contribution in [0.2, 0.25) is 5.02 Å². The van der Waals surface area contributed by atoms with Gasteiger partial charge in [0, 0.05) is 10.7 Å². The molecule has 0 aromatic heterocycles. The lowest BCUT2D eigenvalue weighted by Gasteiger charge is -2.03. The van der Waals surface area contributed by atoms with E-state index >= 15 is 0 Å². The molecule has 0 fully saturated rings. The molecule has 0 aliphatic rings. The van der Waals surface area contributed by atoms with E-state index in [-0.39, 0.29) is 0 Å². The van der Waals surface area contributed by atoms with E-state index in [2.05, 4.69) is 10.5 Å². The number of nitrogens with zero attached hydrogens (tertiary/aromatic N) is 1. The zero-order valence-electron chi connectivity index (χ0n) is 7.49. The normalized spacial score (nSPS) is 10.4. The second-order valence-corrected chi connectivity index (χ2v) is 3.19. The number of oxime groups is 1. The standard InChI is InChI=1S/C9H9ClN2O2/c1-6-2-7(10)4-8(3-6)12-9(13)5-11-14/h2-5,14H,1H3,(H,12,13)/b11-5-. The smallest absolute Gasteiger partial charge is 0.270 e. The number of carbonyl (C=O) groups excluding carboxylic acids is 1. The van der Waals surface area contributed by atoms with Crippen molar-refractivity contribution in [2.75, 3.05) is 5.32 Å². The second-order valence-electron chi connectivity index (χ2n) is 2.75. The van der Waals surface area contributed by atoms with Crippen molar-refractivity contribution in [3.63, 3.8) is 0 Å². The summed E-state index contributed by atoms with van der Waals surface area (Å²) in [6.45, 7) is 1.86. The average molecular weight is 213 g/mol. The second kappa shape index (κ2) is 4.62. The summed E-state index contributed by atoms with van der Waals surface area (Å²) >= 11 is 5.78. The van der Waals surface area contributed by atoms with Gasteiger partial charge >= 0.3 is 0 Å². The molecule has 0 saturated heterocycles. The Kier molecular flexibility index (Phi) is 3.48. The highest BCUT2D eigenvalue weighted by atomic mass is 35.5. The Labute approximate surface area is 86.2 Å². The Hall–Kier alpha value is -1.55. The van der Waals surface area contributed by atoms with Gasteiger partial charge in [0.2, 0.25) is 0 Å². The monoisotopic (exact) mass is 212 g/mol. The molecule has 4 nitrogen and oxygen atoms in total. The van der Waals surface area contributed by atoms with Gasteiger partial charge < -0.3 is 10.5 Å². The number of carbonyl (C=O) groups is 1. The maximum atomic E-state index is 11.0. The van der Waals surface area contributed by atoms with Crippen LogP contribution in [0.3, 0.4) is 0 Å². The van der Waals surface area contributed by atoms with Gasteiger partial charge in [-0.05, 0) is 30.7 Å². The summed E-state index contributed by atoms with van der Waals surface area (Å²) in [6.07, 6.45) is 0.774. The molecule has 0 unspecified atom stereocenters. The first kappa shape index (κ1) is 10.5. The Morgan fingerprint density at radius 3 is 2.86 bits per heavy atom. The molecule has 0 radical (unpaired) electrons. The molecule has 0 aliphatic carbocycles. The lowest BCUT2D eigenvalue weighted by molar-refractivity contribution is -0.110. The van der Waals surface area contributed by atoms with E-state index in [9.17, 15) is 4.79 Å². The molecule has 1 aromatic rings. The van der Waals surface area contributed by atoms with Gasteiger partial charge in [0.25, 0.3) is 5.91 Å². The van der Waals surface area contributed by atoms with E-state index in [1.807, 2.05) is 6.92 Å². The molecule has 0 heterocycles. The van der Waals surface area contributed by atoms with E-state index in [1.54, 1.807) is 18.2 Å². The summed E-state index contributed by atoms with van der Waals surface area (Å²) in [4.78, 5) is 11.0. The third-order valence-electron chi connectivity index (χ3n) is 1.48. The van der Waals surface area contributed by atoms with Crippen LogP contribution in [0.4, 0.5) is 5.69 Å². The number of halogens is 1. The number of amides is 1. The first-order chi connectivity index (χ1) is 6.61. The number of rotatable bonds is 2. The van der Waals surface area contributed by atoms with Crippen LogP contribution in [0.5, 0.6) is 0 Å². The van der Waals surface area contributed by atoms with Gasteiger partial charge in [-0.15, -0.1) is 0 Å². The van der Waals surface area contributed by atoms with Gasteiger partial charge in [-0.25, -0.2) is 0 Å². The largest absolute Gasteiger partial charge is 0.411 e. The zero-order valence-corrected chi connectivity index (χ0v) is 8.25. The Bertz CT molecular complexity index is 357. The minimum Gasteiger partial charge on any atom is -0.411 e. The molecule has 1 amide bonds. The number of aryl methyl sites for hydroxylation is 1. The molecule has 0 bridgehead atoms. The zero-order chi connectivity index (χ0) is 10.6. The van der Waals surface area contributed by atoms with E-state index in [1.165, 1.54) is 0 Å². The van der Waals surface area contributed by atoms with E-state index < -0.39 is 5.91 Å². The summed E-state index contributed by atoms with van der Waals surface area (Å²) in [7, 11) is 0. The van der Waals surface area contributed by atoms with Gasteiger partial charge in [0.15, 0.2) is 0 Å². The van der Waals surface area contributed by atoms with Crippen molar-refractivity contribution < 1.29 is 10.0 Å². The minimum atomic E-state index is -0.505. The van der Waals surface area contributed by atoms with Crippen molar-refractivity contribution >= 4 is 29.4 Å². The predicted octanol–water partition coefficient (Wildman–Crippen LogP) is 2.05. The summed E-state index contributed by atoms with van der Waals surface area (Å²) in [5.41, 5.74) is 1.51. The van der Waals surface area contributed by atoms with Gasteiger partial charge in [-0.1, -0.05) is 16.8 Å². The Morgan fingerprint density at radius 1 is 1.57 bits per heavy atom. The highest BCUT2D eigenvalue weighted by Gasteiger charge is 2.00. The predicted molar refractivity (Wildman–Crippen MR) is 55.1 cm³/mol. The first-order valence-electron chi connectivity index (χ1n) is 3.87. The molecule has 2 N–H and O–H groups in total. The fraction of sp³-hybridized carbons (Fsp3) is 0.111. The van der Waals surface area contributed by atoms with Gasteiger partial charge in [0.1, 0.15) is 6.21 Å². The molecule has 0 aliphatic heterocycles. The lowest BCUT2D eigenvalue weighted by atomic mass is 10.2. The van der Waals surface area contributed by atoms with Crippen molar-refractivity contribution in [2.45, 2.75) is 6.92 Å². The van der Waals surface area contributed by atoms with Crippen LogP contribution in [-0.4, -0.2) is 17.3 Å². The summed E-state index contributed by atoms with van der Waals surface area (Å²) in [5, 5.41) is 13.7. The molecule has 1 aromatic carbocycles. The molecule has 0 spiro atoms. The molecule has 0 atom stereocenters. The summed E-state index contributed by atoms with van der Waals surface area (Å²) < 4.78 is 0. The first-order valence-corrected chi connectivity index (χ1v) is 4.25. The van der Waals surface area contributed by atoms with E-state index in [0.717, 1.165) is 11.8 Å². The highest BCUT2D eigenvalue weighted by molar-refractivity contribution is 6.33. The van der Waals surface area contributed by atoms with Crippen LogP contribution < -0.4 is 5.32 Å². The number of hydrogen-bond acceptors (Lipinski definition) is 3. The van der Waals surface area contributed by atoms with Crippen molar-refractivity contribution in [2.24, 2.45) is 5.16 Å². The lowest BCUT2D eigenvalue weighted by Crippen LogP contribution is -2.12. The van der Waals surface area contributed by atoms with Crippen LogP contribution in [0, 0.1) is 6.92 Å². The van der Waals surface area contributed by atoms with Gasteiger partial charge in [-0.3, -0.25) is 4.79 Å². The molecule has 1 rings (SSSR count). The third kappa shape index (κ3) is 3.06. The SMILES string of the molecule is Cc1cc(Cl)cc(NC(=O)/C=N\O)c1. The van der Waals surface area contributed by atoms with Crippen LogP contribution in [-0.2, 0) is 4.79 Å². The molecular weight excluding hydrogens is 204 g/mol. The molecule has 14 heavy (non-hydrogen) atoms. The minimum absolute atomic E-state index is 0.505. The molecule has 5 heteroatoms. The quantitative estimate of drug-likeness (QED) is 0.448. The molecule has 74 valence electrons. The maximum absolute atomic E-state index is 11.0. The maximum Gasteiger partial charge on any atom is 0.270 e. The Balaban J connectivity index is 2.81. The Morgan fingerprint density at radius 2 is 2.29 bits per heavy atom. The van der Waals surface area contributed by atoms with Crippen LogP contribution >= 0.6 is 11.6 Å². The van der Waals surface area contributed by atoms with Crippen LogP contribution in [0.25, 0.3) is 0 Å². The average Bonchev–Trinajstić information content (AvgIpc) is 2.01.